The molecule has 0 spiro atoms. The Balaban J connectivity index is 1.82. The van der Waals surface area contributed by atoms with Gasteiger partial charge >= 0.3 is 0 Å². The van der Waals surface area contributed by atoms with Gasteiger partial charge in [-0.15, -0.1) is 0 Å². The van der Waals surface area contributed by atoms with E-state index in [9.17, 15) is 13.2 Å². The second-order valence-electron chi connectivity index (χ2n) is 7.22. The molecule has 0 fully saturated rings. The number of nitrogens with one attached hydrogen (secondary N) is 1. The van der Waals surface area contributed by atoms with Crippen molar-refractivity contribution in [3.05, 3.63) is 58.1 Å². The Morgan fingerprint density at radius 2 is 1.80 bits per heavy atom. The van der Waals surface area contributed by atoms with Gasteiger partial charge in [-0.25, -0.2) is 8.42 Å². The van der Waals surface area contributed by atoms with Crippen LogP contribution in [0.3, 0.4) is 0 Å². The summed E-state index contributed by atoms with van der Waals surface area (Å²) in [6, 6.07) is 11.0. The van der Waals surface area contributed by atoms with E-state index in [1.807, 2.05) is 32.0 Å². The van der Waals surface area contributed by atoms with Crippen molar-refractivity contribution in [3.8, 4) is 5.75 Å². The molecule has 0 aliphatic heterocycles. The van der Waals surface area contributed by atoms with E-state index in [1.165, 1.54) is 4.31 Å². The number of amides is 1. The topological polar surface area (TPSA) is 75.7 Å². The SMILES string of the molecule is Cc1cccc(OCCNC(=O)CCCN(c2cccc(Cl)c2C)S(C)(=O)=O)c1C. The molecule has 6 nitrogen and oxygen atoms in total. The Morgan fingerprint density at radius 1 is 1.10 bits per heavy atom. The van der Waals surface area contributed by atoms with Gasteiger partial charge in [0.25, 0.3) is 0 Å². The minimum atomic E-state index is -3.49. The molecule has 0 aliphatic rings. The maximum absolute atomic E-state index is 12.2. The minimum Gasteiger partial charge on any atom is -0.491 e. The average Bonchev–Trinajstić information content (AvgIpc) is 2.67. The molecule has 0 saturated carbocycles. The summed E-state index contributed by atoms with van der Waals surface area (Å²) in [5.41, 5.74) is 3.47. The van der Waals surface area contributed by atoms with Crippen molar-refractivity contribution < 1.29 is 17.9 Å². The van der Waals surface area contributed by atoms with Crippen molar-refractivity contribution in [1.29, 1.82) is 0 Å². The molecule has 1 N–H and O–H groups in total. The molecule has 0 saturated heterocycles. The van der Waals surface area contributed by atoms with Gasteiger partial charge < -0.3 is 10.1 Å². The van der Waals surface area contributed by atoms with E-state index >= 15 is 0 Å². The zero-order chi connectivity index (χ0) is 22.3. The van der Waals surface area contributed by atoms with Gasteiger partial charge in [0.2, 0.25) is 15.9 Å². The molecule has 0 unspecified atom stereocenters. The molecule has 1 amide bonds. The van der Waals surface area contributed by atoms with Crippen molar-refractivity contribution in [2.45, 2.75) is 33.6 Å². The fourth-order valence-corrected chi connectivity index (χ4v) is 4.22. The highest BCUT2D eigenvalue weighted by molar-refractivity contribution is 7.92. The molecule has 0 radical (unpaired) electrons. The number of carbonyl (C=O) groups excluding carboxylic acids is 1. The predicted molar refractivity (Wildman–Crippen MR) is 122 cm³/mol. The van der Waals surface area contributed by atoms with Crippen molar-refractivity contribution in [3.63, 3.8) is 0 Å². The Morgan fingerprint density at radius 3 is 2.50 bits per heavy atom. The number of halogens is 1. The van der Waals surface area contributed by atoms with E-state index in [4.69, 9.17) is 16.3 Å². The quantitative estimate of drug-likeness (QED) is 0.552. The van der Waals surface area contributed by atoms with Crippen molar-refractivity contribution in [2.24, 2.45) is 0 Å². The Hall–Kier alpha value is -2.25. The third-order valence-corrected chi connectivity index (χ3v) is 6.50. The van der Waals surface area contributed by atoms with Crippen molar-refractivity contribution in [1.82, 2.24) is 5.32 Å². The van der Waals surface area contributed by atoms with Gasteiger partial charge in [0.15, 0.2) is 0 Å². The maximum atomic E-state index is 12.2. The van der Waals surface area contributed by atoms with Crippen LogP contribution in [0.15, 0.2) is 36.4 Å². The number of nitrogens with zero attached hydrogens (tertiary/aromatic N) is 1. The molecule has 0 heterocycles. The molecular formula is C22H29ClN2O4S. The molecule has 0 bridgehead atoms. The highest BCUT2D eigenvalue weighted by atomic mass is 35.5. The number of anilines is 1. The number of aryl methyl sites for hydroxylation is 1. The monoisotopic (exact) mass is 452 g/mol. The van der Waals surface area contributed by atoms with E-state index < -0.39 is 10.0 Å². The predicted octanol–water partition coefficient (Wildman–Crippen LogP) is 4.01. The molecule has 0 aliphatic carbocycles. The molecule has 164 valence electrons. The molecular weight excluding hydrogens is 424 g/mol. The van der Waals surface area contributed by atoms with Crippen LogP contribution in [0.5, 0.6) is 5.75 Å². The summed E-state index contributed by atoms with van der Waals surface area (Å²) < 4.78 is 31.5. The van der Waals surface area contributed by atoms with Crippen LogP contribution in [0.2, 0.25) is 5.02 Å². The van der Waals surface area contributed by atoms with Gasteiger partial charge in [-0.1, -0.05) is 29.8 Å². The van der Waals surface area contributed by atoms with Crippen LogP contribution in [0.1, 0.15) is 29.5 Å². The van der Waals surface area contributed by atoms with Crippen LogP contribution >= 0.6 is 11.6 Å². The summed E-state index contributed by atoms with van der Waals surface area (Å²) in [6.07, 6.45) is 1.76. The van der Waals surface area contributed by atoms with Crippen molar-refractivity contribution in [2.75, 3.05) is 30.3 Å². The first kappa shape index (κ1) is 24.0. The van der Waals surface area contributed by atoms with Gasteiger partial charge in [0.05, 0.1) is 18.5 Å². The molecule has 0 atom stereocenters. The van der Waals surface area contributed by atoms with Gasteiger partial charge in [-0.2, -0.15) is 0 Å². The lowest BCUT2D eigenvalue weighted by Gasteiger charge is -2.24. The smallest absolute Gasteiger partial charge is 0.232 e. The summed E-state index contributed by atoms with van der Waals surface area (Å²) >= 11 is 6.13. The van der Waals surface area contributed by atoms with Crippen LogP contribution in [0.25, 0.3) is 0 Å². The summed E-state index contributed by atoms with van der Waals surface area (Å²) in [5.74, 6) is 0.667. The maximum Gasteiger partial charge on any atom is 0.232 e. The lowest BCUT2D eigenvalue weighted by Crippen LogP contribution is -2.33. The molecule has 8 heteroatoms. The summed E-state index contributed by atoms with van der Waals surface area (Å²) in [5, 5.41) is 3.31. The number of benzene rings is 2. The number of sulfonamides is 1. The number of hydrogen-bond donors (Lipinski definition) is 1. The minimum absolute atomic E-state index is 0.143. The molecule has 2 aromatic rings. The second-order valence-corrected chi connectivity index (χ2v) is 9.53. The van der Waals surface area contributed by atoms with Crippen LogP contribution < -0.4 is 14.4 Å². The van der Waals surface area contributed by atoms with E-state index in [-0.39, 0.29) is 18.9 Å². The first-order chi connectivity index (χ1) is 14.1. The average molecular weight is 453 g/mol. The standard InChI is InChI=1S/C22H29ClN2O4S/c1-16-8-5-11-21(17(16)2)29-15-13-24-22(26)12-7-14-25(30(4,27)28)20-10-6-9-19(23)18(20)3/h5-6,8-11H,7,12-15H2,1-4H3,(H,24,26). The van der Waals surface area contributed by atoms with Crippen molar-refractivity contribution >= 4 is 33.2 Å². The molecule has 0 aromatic heterocycles. The van der Waals surface area contributed by atoms with E-state index in [1.54, 1.807) is 25.1 Å². The Bertz CT molecular complexity index is 993. The summed E-state index contributed by atoms with van der Waals surface area (Å²) in [6.45, 7) is 6.75. The lowest BCUT2D eigenvalue weighted by atomic mass is 10.1. The van der Waals surface area contributed by atoms with Crippen LogP contribution in [-0.2, 0) is 14.8 Å². The Kier molecular flexibility index (Phi) is 8.55. The van der Waals surface area contributed by atoms with Gasteiger partial charge in [-0.05, 0) is 62.1 Å². The highest BCUT2D eigenvalue weighted by Gasteiger charge is 2.20. The molecule has 2 rings (SSSR count). The normalized spacial score (nSPS) is 11.2. The van der Waals surface area contributed by atoms with Gasteiger partial charge in [-0.3, -0.25) is 9.10 Å². The number of rotatable bonds is 10. The summed E-state index contributed by atoms with van der Waals surface area (Å²) in [4.78, 5) is 12.1. The van der Waals surface area contributed by atoms with Gasteiger partial charge in [0.1, 0.15) is 12.4 Å². The highest BCUT2D eigenvalue weighted by Crippen LogP contribution is 2.28. The summed E-state index contributed by atoms with van der Waals surface area (Å²) in [7, 11) is -3.49. The van der Waals surface area contributed by atoms with Crippen LogP contribution in [-0.4, -0.2) is 40.3 Å². The molecule has 30 heavy (non-hydrogen) atoms. The fraction of sp³-hybridized carbons (Fsp3) is 0.409. The second kappa shape index (κ2) is 10.7. The number of hydrogen-bond acceptors (Lipinski definition) is 4. The number of carbonyl (C=O) groups is 1. The first-order valence-electron chi connectivity index (χ1n) is 9.80. The lowest BCUT2D eigenvalue weighted by molar-refractivity contribution is -0.121. The molecule has 2 aromatic carbocycles. The van der Waals surface area contributed by atoms with E-state index in [0.717, 1.165) is 23.1 Å². The van der Waals surface area contributed by atoms with E-state index in [2.05, 4.69) is 5.32 Å². The largest absolute Gasteiger partial charge is 0.491 e. The van der Waals surface area contributed by atoms with Gasteiger partial charge in [0, 0.05) is 18.0 Å². The third-order valence-electron chi connectivity index (χ3n) is 4.91. The Labute approximate surface area is 184 Å². The van der Waals surface area contributed by atoms with E-state index in [0.29, 0.717) is 35.8 Å². The fourth-order valence-electron chi connectivity index (χ4n) is 3.03. The van der Waals surface area contributed by atoms with Crippen LogP contribution in [0.4, 0.5) is 5.69 Å². The first-order valence-corrected chi connectivity index (χ1v) is 12.0. The zero-order valence-electron chi connectivity index (χ0n) is 17.9. The number of ether oxygens (including phenoxy) is 1. The third kappa shape index (κ3) is 6.64. The van der Waals surface area contributed by atoms with Crippen LogP contribution in [0, 0.1) is 20.8 Å². The zero-order valence-corrected chi connectivity index (χ0v) is 19.4.